The Bertz CT molecular complexity index is 926. The molecule has 0 aliphatic rings. The Labute approximate surface area is 220 Å². The molecule has 0 amide bonds. The van der Waals surface area contributed by atoms with Crippen molar-refractivity contribution in [1.29, 1.82) is 0 Å². The average Bonchev–Trinajstić information content (AvgIpc) is 2.75. The molecule has 0 saturated carbocycles. The van der Waals surface area contributed by atoms with Crippen molar-refractivity contribution < 1.29 is 74.8 Å². The standard InChI is InChI=1S/C15H30NO2.C4F10NO4S2/c1-5-10-16(11-6-2,12-7-3)13-9-14-18-15(17)8-4;5-1(6,7)3(11,12)20(16,17)15-21(18,19)4(13,14)2(8,9)10/h8H,4-7,9-14H2,1-3H3;/q+1;-1. The van der Waals surface area contributed by atoms with Gasteiger partial charge in [-0.3, -0.25) is 0 Å². The van der Waals surface area contributed by atoms with Crippen LogP contribution in [0.3, 0.4) is 0 Å². The minimum absolute atomic E-state index is 0.311. The molecule has 39 heavy (non-hydrogen) atoms. The zero-order valence-corrected chi connectivity index (χ0v) is 22.7. The van der Waals surface area contributed by atoms with E-state index in [0.29, 0.717) is 10.7 Å². The summed E-state index contributed by atoms with van der Waals surface area (Å²) in [6.07, 6.45) is -8.19. The number of rotatable bonds is 15. The van der Waals surface area contributed by atoms with E-state index in [9.17, 15) is 65.5 Å². The van der Waals surface area contributed by atoms with Crippen LogP contribution in [0.1, 0.15) is 46.5 Å². The van der Waals surface area contributed by atoms with Crippen molar-refractivity contribution in [3.05, 3.63) is 16.8 Å². The Kier molecular flexibility index (Phi) is 15.0. The highest BCUT2D eigenvalue weighted by atomic mass is 32.3. The van der Waals surface area contributed by atoms with Crippen molar-refractivity contribution in [1.82, 2.24) is 0 Å². The number of alkyl halides is 10. The quantitative estimate of drug-likeness (QED) is 0.0775. The van der Waals surface area contributed by atoms with E-state index in [-0.39, 0.29) is 5.97 Å². The molecule has 0 radical (unpaired) electrons. The summed E-state index contributed by atoms with van der Waals surface area (Å²) < 4.78 is 167. The van der Waals surface area contributed by atoms with Crippen LogP contribution < -0.4 is 0 Å². The fraction of sp³-hybridized carbons (Fsp3) is 0.842. The lowest BCUT2D eigenvalue weighted by Crippen LogP contribution is -2.50. The molecule has 0 heterocycles. The second kappa shape index (κ2) is 14.8. The normalized spacial score (nSPS) is 13.9. The van der Waals surface area contributed by atoms with Gasteiger partial charge < -0.3 is 13.3 Å². The molecular weight excluding hydrogens is 606 g/mol. The first kappa shape index (κ1) is 39.5. The summed E-state index contributed by atoms with van der Waals surface area (Å²) in [6, 6.07) is 0. The maximum Gasteiger partial charge on any atom is 0.467 e. The minimum atomic E-state index is -7.62. The van der Waals surface area contributed by atoms with Crippen LogP contribution in [0.15, 0.2) is 12.7 Å². The van der Waals surface area contributed by atoms with Crippen LogP contribution >= 0.6 is 0 Å². The zero-order valence-electron chi connectivity index (χ0n) is 21.1. The first-order chi connectivity index (χ1) is 17.3. The van der Waals surface area contributed by atoms with Gasteiger partial charge in [0.2, 0.25) is 0 Å². The highest BCUT2D eigenvalue weighted by molar-refractivity contribution is 8.13. The highest BCUT2D eigenvalue weighted by Crippen LogP contribution is 2.47. The molecule has 0 unspecified atom stereocenters. The van der Waals surface area contributed by atoms with Gasteiger partial charge in [-0.25, -0.2) is 21.6 Å². The Morgan fingerprint density at radius 1 is 0.744 bits per heavy atom. The Balaban J connectivity index is 0. The van der Waals surface area contributed by atoms with Gasteiger partial charge in [0.25, 0.3) is 0 Å². The fourth-order valence-corrected chi connectivity index (χ4v) is 5.61. The predicted octanol–water partition coefficient (Wildman–Crippen LogP) is 5.48. The van der Waals surface area contributed by atoms with Crippen LogP contribution in [0.4, 0.5) is 43.9 Å². The Morgan fingerprint density at radius 3 is 1.33 bits per heavy atom. The lowest BCUT2D eigenvalue weighted by Gasteiger charge is -2.38. The van der Waals surface area contributed by atoms with E-state index in [1.165, 1.54) is 49.5 Å². The number of nitrogens with zero attached hydrogens (tertiary/aromatic N) is 2. The molecule has 0 aromatic rings. The van der Waals surface area contributed by atoms with Crippen molar-refractivity contribution in [2.75, 3.05) is 32.8 Å². The van der Waals surface area contributed by atoms with Gasteiger partial charge in [0, 0.05) is 12.5 Å². The van der Waals surface area contributed by atoms with Crippen molar-refractivity contribution >= 4 is 26.0 Å². The number of ether oxygens (including phenoxy) is 1. The number of carbonyl (C=O) groups excluding carboxylic acids is 1. The largest absolute Gasteiger partial charge is 0.467 e. The lowest BCUT2D eigenvalue weighted by molar-refractivity contribution is -0.928. The zero-order chi connectivity index (χ0) is 31.6. The van der Waals surface area contributed by atoms with Crippen LogP contribution in [0.2, 0.25) is 0 Å². The number of hydrogen-bond donors (Lipinski definition) is 0. The molecule has 0 aliphatic heterocycles. The molecule has 0 saturated heterocycles. The van der Waals surface area contributed by atoms with Crippen molar-refractivity contribution in [3.8, 4) is 0 Å². The number of carbonyl (C=O) groups is 1. The molecule has 0 aromatic carbocycles. The van der Waals surface area contributed by atoms with E-state index < -0.39 is 42.9 Å². The summed E-state index contributed by atoms with van der Waals surface area (Å²) in [6.45, 7) is 15.5. The number of hydrogen-bond acceptors (Lipinski definition) is 6. The molecule has 234 valence electrons. The monoisotopic (exact) mass is 636 g/mol. The van der Waals surface area contributed by atoms with Crippen LogP contribution in [-0.2, 0) is 29.6 Å². The van der Waals surface area contributed by atoms with Gasteiger partial charge in [0.05, 0.1) is 32.8 Å². The van der Waals surface area contributed by atoms with E-state index in [1.54, 1.807) is 0 Å². The Morgan fingerprint density at radius 2 is 1.08 bits per heavy atom. The van der Waals surface area contributed by atoms with Gasteiger partial charge in [0.15, 0.2) is 20.0 Å². The first-order valence-electron chi connectivity index (χ1n) is 11.1. The maximum absolute atomic E-state index is 12.3. The van der Waals surface area contributed by atoms with E-state index in [1.807, 2.05) is 0 Å². The molecule has 0 aromatic heterocycles. The van der Waals surface area contributed by atoms with Gasteiger partial charge in [0.1, 0.15) is 0 Å². The Hall–Kier alpha value is -1.67. The highest BCUT2D eigenvalue weighted by Gasteiger charge is 2.68. The summed E-state index contributed by atoms with van der Waals surface area (Å²) >= 11 is 0. The second-order valence-electron chi connectivity index (χ2n) is 8.01. The van der Waals surface area contributed by atoms with Crippen LogP contribution in [0.25, 0.3) is 4.13 Å². The van der Waals surface area contributed by atoms with Crippen LogP contribution in [0, 0.1) is 0 Å². The van der Waals surface area contributed by atoms with E-state index in [4.69, 9.17) is 4.74 Å². The molecule has 0 fully saturated rings. The first-order valence-corrected chi connectivity index (χ1v) is 14.0. The summed E-state index contributed by atoms with van der Waals surface area (Å²) in [4.78, 5) is 11.0. The van der Waals surface area contributed by atoms with Gasteiger partial charge in [-0.05, 0) is 19.3 Å². The lowest BCUT2D eigenvalue weighted by atomic mass is 10.2. The fourth-order valence-electron chi connectivity index (χ4n) is 3.24. The smallest absolute Gasteiger partial charge is 0.462 e. The minimum Gasteiger partial charge on any atom is -0.462 e. The van der Waals surface area contributed by atoms with E-state index >= 15 is 0 Å². The average molecular weight is 637 g/mol. The molecule has 0 aliphatic carbocycles. The molecular formula is C19H30F10N2O6S2. The summed E-state index contributed by atoms with van der Waals surface area (Å²) in [5, 5.41) is -14.0. The molecule has 0 spiro atoms. The number of quaternary nitrogens is 1. The molecule has 20 heteroatoms. The van der Waals surface area contributed by atoms with Gasteiger partial charge >= 0.3 is 28.8 Å². The number of esters is 1. The topological polar surface area (TPSA) is 109 Å². The second-order valence-corrected chi connectivity index (χ2v) is 11.5. The van der Waals surface area contributed by atoms with E-state index in [0.717, 1.165) is 13.0 Å². The van der Waals surface area contributed by atoms with E-state index in [2.05, 4.69) is 27.4 Å². The van der Waals surface area contributed by atoms with Gasteiger partial charge in [-0.1, -0.05) is 27.4 Å². The molecule has 0 N–H and O–H groups in total. The summed E-state index contributed by atoms with van der Waals surface area (Å²) in [5.41, 5.74) is 0. The SMILES string of the molecule is C=CC(=O)OCCC[N+](CCC)(CCC)CCC.O=S(=O)([N-]S(=O)(=O)C(F)(F)C(F)(F)F)C(F)(F)C(F)(F)F. The predicted molar refractivity (Wildman–Crippen MR) is 120 cm³/mol. The molecule has 0 atom stereocenters. The number of sulfonamides is 2. The summed E-state index contributed by atoms with van der Waals surface area (Å²) in [7, 11) is -15.2. The maximum atomic E-state index is 12.3. The molecule has 0 rings (SSSR count). The molecule has 0 bridgehead atoms. The van der Waals surface area contributed by atoms with Gasteiger partial charge in [-0.2, -0.15) is 43.9 Å². The number of halogens is 10. The third kappa shape index (κ3) is 11.0. The van der Waals surface area contributed by atoms with Crippen LogP contribution in [0.5, 0.6) is 0 Å². The van der Waals surface area contributed by atoms with Crippen LogP contribution in [-0.4, -0.2) is 82.9 Å². The molecule has 8 nitrogen and oxygen atoms in total. The van der Waals surface area contributed by atoms with Crippen molar-refractivity contribution in [2.24, 2.45) is 0 Å². The van der Waals surface area contributed by atoms with Gasteiger partial charge in [-0.15, -0.1) is 0 Å². The third-order valence-electron chi connectivity index (χ3n) is 4.79. The summed E-state index contributed by atoms with van der Waals surface area (Å²) in [5.74, 6) is -0.311. The van der Waals surface area contributed by atoms with Crippen molar-refractivity contribution in [3.63, 3.8) is 0 Å². The van der Waals surface area contributed by atoms with Crippen molar-refractivity contribution in [2.45, 2.75) is 69.3 Å². The third-order valence-corrected chi connectivity index (χ3v) is 8.11.